The molecule has 16 heavy (non-hydrogen) atoms. The van der Waals surface area contributed by atoms with Crippen LogP contribution >= 0.6 is 0 Å². The second kappa shape index (κ2) is 6.25. The van der Waals surface area contributed by atoms with Gasteiger partial charge in [-0.05, 0) is 31.7 Å². The molecule has 0 radical (unpaired) electrons. The zero-order valence-electron chi connectivity index (χ0n) is 9.91. The molecule has 1 rings (SSSR count). The van der Waals surface area contributed by atoms with E-state index < -0.39 is 0 Å². The van der Waals surface area contributed by atoms with E-state index in [1.165, 1.54) is 0 Å². The molecule has 0 fully saturated rings. The third-order valence-electron chi connectivity index (χ3n) is 2.36. The minimum atomic E-state index is -0.196. The van der Waals surface area contributed by atoms with Crippen LogP contribution in [0.5, 0.6) is 0 Å². The molecule has 0 bridgehead atoms. The number of hydrogen-bond donors (Lipinski definition) is 2. The largest absolute Gasteiger partial charge is 0.380 e. The van der Waals surface area contributed by atoms with Crippen LogP contribution in [0, 0.1) is 0 Å². The van der Waals surface area contributed by atoms with Crippen LogP contribution in [0.4, 0.5) is 5.69 Å². The van der Waals surface area contributed by atoms with Crippen LogP contribution in [0.2, 0.25) is 0 Å². The van der Waals surface area contributed by atoms with Crippen molar-refractivity contribution in [3.8, 4) is 0 Å². The number of carbonyl (C=O) groups excluding carboxylic acids is 1. The van der Waals surface area contributed by atoms with Gasteiger partial charge in [0, 0.05) is 12.8 Å². The van der Waals surface area contributed by atoms with E-state index in [2.05, 4.69) is 10.6 Å². The number of nitrogens with one attached hydrogen (secondary N) is 2. The van der Waals surface area contributed by atoms with Gasteiger partial charge in [0.25, 0.3) is 0 Å². The predicted octanol–water partition coefficient (Wildman–Crippen LogP) is 1.38. The Morgan fingerprint density at radius 3 is 2.50 bits per heavy atom. The highest BCUT2D eigenvalue weighted by Crippen LogP contribution is 2.10. The number of methoxy groups -OCH3 is 1. The van der Waals surface area contributed by atoms with Crippen molar-refractivity contribution in [1.82, 2.24) is 5.32 Å². The van der Waals surface area contributed by atoms with Crippen molar-refractivity contribution in [2.24, 2.45) is 0 Å². The fourth-order valence-corrected chi connectivity index (χ4v) is 1.23. The summed E-state index contributed by atoms with van der Waals surface area (Å²) in [6, 6.07) is 7.41. The number of hydrogen-bond acceptors (Lipinski definition) is 3. The first kappa shape index (κ1) is 12.7. The summed E-state index contributed by atoms with van der Waals surface area (Å²) in [7, 11) is 3.41. The Kier molecular flexibility index (Phi) is 4.95. The summed E-state index contributed by atoms with van der Waals surface area (Å²) in [4.78, 5) is 11.6. The minimum absolute atomic E-state index is 0.0398. The van der Waals surface area contributed by atoms with E-state index in [0.717, 1.165) is 11.3 Å². The van der Waals surface area contributed by atoms with Crippen LogP contribution in [0.1, 0.15) is 12.5 Å². The van der Waals surface area contributed by atoms with Gasteiger partial charge in [0.2, 0.25) is 5.91 Å². The van der Waals surface area contributed by atoms with Gasteiger partial charge in [-0.3, -0.25) is 4.79 Å². The predicted molar refractivity (Wildman–Crippen MR) is 64.3 cm³/mol. The number of rotatable bonds is 5. The van der Waals surface area contributed by atoms with E-state index in [1.54, 1.807) is 14.2 Å². The molecule has 0 aliphatic rings. The molecule has 1 unspecified atom stereocenters. The summed E-state index contributed by atoms with van der Waals surface area (Å²) < 4.78 is 5.01. The summed E-state index contributed by atoms with van der Waals surface area (Å²) >= 11 is 0. The lowest BCUT2D eigenvalue weighted by atomic mass is 10.2. The van der Waals surface area contributed by atoms with Crippen LogP contribution < -0.4 is 10.6 Å². The normalized spacial score (nSPS) is 12.2. The summed E-state index contributed by atoms with van der Waals surface area (Å²) in [6.07, 6.45) is 0. The highest BCUT2D eigenvalue weighted by molar-refractivity contribution is 5.94. The summed E-state index contributed by atoms with van der Waals surface area (Å²) in [6.45, 7) is 2.40. The maximum atomic E-state index is 11.6. The molecular formula is C12H18N2O2. The Morgan fingerprint density at radius 2 is 2.00 bits per heavy atom. The first-order valence-corrected chi connectivity index (χ1v) is 5.23. The molecule has 0 saturated heterocycles. The van der Waals surface area contributed by atoms with Gasteiger partial charge in [-0.2, -0.15) is 0 Å². The molecule has 4 nitrogen and oxygen atoms in total. The van der Waals surface area contributed by atoms with Crippen molar-refractivity contribution in [1.29, 1.82) is 0 Å². The lowest BCUT2D eigenvalue weighted by Gasteiger charge is -2.11. The summed E-state index contributed by atoms with van der Waals surface area (Å²) in [5, 5.41) is 5.70. The molecule has 2 N–H and O–H groups in total. The fraction of sp³-hybridized carbons (Fsp3) is 0.417. The second-order valence-corrected chi connectivity index (χ2v) is 3.63. The number of amides is 1. The number of benzene rings is 1. The van der Waals surface area contributed by atoms with E-state index >= 15 is 0 Å². The van der Waals surface area contributed by atoms with Crippen molar-refractivity contribution in [2.75, 3.05) is 19.5 Å². The Labute approximate surface area is 96.0 Å². The van der Waals surface area contributed by atoms with Gasteiger partial charge in [0.15, 0.2) is 0 Å². The highest BCUT2D eigenvalue weighted by Gasteiger charge is 2.09. The number of likely N-dealkylation sites (N-methyl/N-ethyl adjacent to an activating group) is 1. The molecular weight excluding hydrogens is 204 g/mol. The zero-order valence-corrected chi connectivity index (χ0v) is 9.91. The molecule has 4 heteroatoms. The standard InChI is InChI=1S/C12H18N2O2/c1-9(13-2)12(15)14-11-6-4-10(5-7-11)8-16-3/h4-7,9,13H,8H2,1-3H3,(H,14,15). The summed E-state index contributed by atoms with van der Waals surface area (Å²) in [5.41, 5.74) is 1.88. The first-order valence-electron chi connectivity index (χ1n) is 5.23. The Balaban J connectivity index is 2.58. The van der Waals surface area contributed by atoms with Gasteiger partial charge in [0.05, 0.1) is 12.6 Å². The van der Waals surface area contributed by atoms with Crippen LogP contribution in [0.15, 0.2) is 24.3 Å². The molecule has 88 valence electrons. The maximum absolute atomic E-state index is 11.6. The van der Waals surface area contributed by atoms with Crippen molar-refractivity contribution in [2.45, 2.75) is 19.6 Å². The van der Waals surface area contributed by atoms with E-state index in [1.807, 2.05) is 31.2 Å². The van der Waals surface area contributed by atoms with Crippen molar-refractivity contribution in [3.05, 3.63) is 29.8 Å². The van der Waals surface area contributed by atoms with Crippen molar-refractivity contribution < 1.29 is 9.53 Å². The maximum Gasteiger partial charge on any atom is 0.241 e. The molecule has 1 amide bonds. The molecule has 1 atom stereocenters. The molecule has 1 aromatic carbocycles. The molecule has 0 aliphatic carbocycles. The molecule has 0 aromatic heterocycles. The van der Waals surface area contributed by atoms with E-state index in [9.17, 15) is 4.79 Å². The van der Waals surface area contributed by atoms with E-state index in [4.69, 9.17) is 4.74 Å². The molecule has 1 aromatic rings. The van der Waals surface area contributed by atoms with Crippen molar-refractivity contribution >= 4 is 11.6 Å². The topological polar surface area (TPSA) is 50.4 Å². The van der Waals surface area contributed by atoms with Crippen LogP contribution in [-0.2, 0) is 16.1 Å². The van der Waals surface area contributed by atoms with Crippen LogP contribution in [0.3, 0.4) is 0 Å². The molecule has 0 spiro atoms. The van der Waals surface area contributed by atoms with E-state index in [-0.39, 0.29) is 11.9 Å². The zero-order chi connectivity index (χ0) is 12.0. The fourth-order valence-electron chi connectivity index (χ4n) is 1.23. The highest BCUT2D eigenvalue weighted by atomic mass is 16.5. The number of carbonyl (C=O) groups is 1. The summed E-state index contributed by atoms with van der Waals surface area (Å²) in [5.74, 6) is -0.0398. The van der Waals surface area contributed by atoms with Gasteiger partial charge in [-0.25, -0.2) is 0 Å². The smallest absolute Gasteiger partial charge is 0.241 e. The Bertz CT molecular complexity index is 335. The lowest BCUT2D eigenvalue weighted by Crippen LogP contribution is -2.35. The van der Waals surface area contributed by atoms with Gasteiger partial charge < -0.3 is 15.4 Å². The lowest BCUT2D eigenvalue weighted by molar-refractivity contribution is -0.117. The second-order valence-electron chi connectivity index (χ2n) is 3.63. The van der Waals surface area contributed by atoms with E-state index in [0.29, 0.717) is 6.61 Å². The monoisotopic (exact) mass is 222 g/mol. The van der Waals surface area contributed by atoms with Gasteiger partial charge in [0.1, 0.15) is 0 Å². The van der Waals surface area contributed by atoms with Gasteiger partial charge in [-0.15, -0.1) is 0 Å². The van der Waals surface area contributed by atoms with Gasteiger partial charge >= 0.3 is 0 Å². The first-order chi connectivity index (χ1) is 7.67. The quantitative estimate of drug-likeness (QED) is 0.791. The van der Waals surface area contributed by atoms with Crippen LogP contribution in [-0.4, -0.2) is 26.1 Å². The molecule has 0 aliphatic heterocycles. The number of ether oxygens (including phenoxy) is 1. The Hall–Kier alpha value is -1.39. The third kappa shape index (κ3) is 3.64. The average molecular weight is 222 g/mol. The van der Waals surface area contributed by atoms with Crippen LogP contribution in [0.25, 0.3) is 0 Å². The molecule has 0 heterocycles. The SMILES string of the molecule is CNC(C)C(=O)Nc1ccc(COC)cc1. The third-order valence-corrected chi connectivity index (χ3v) is 2.36. The van der Waals surface area contributed by atoms with Gasteiger partial charge in [-0.1, -0.05) is 12.1 Å². The minimum Gasteiger partial charge on any atom is -0.380 e. The van der Waals surface area contributed by atoms with Crippen molar-refractivity contribution in [3.63, 3.8) is 0 Å². The average Bonchev–Trinajstić information content (AvgIpc) is 2.31. The number of anilines is 1. The molecule has 0 saturated carbocycles. The Morgan fingerprint density at radius 1 is 1.38 bits per heavy atom.